The van der Waals surface area contributed by atoms with Gasteiger partial charge < -0.3 is 19.3 Å². The fourth-order valence-electron chi connectivity index (χ4n) is 0.746. The number of ether oxygens (including phenoxy) is 3. The van der Waals surface area contributed by atoms with Gasteiger partial charge in [0.2, 0.25) is 0 Å². The third-order valence-electron chi connectivity index (χ3n) is 1.44. The molecule has 0 spiro atoms. The fraction of sp³-hybridized carbons (Fsp3) is 1.00. The topological polar surface area (TPSA) is 47.9 Å². The number of aliphatic hydroxyl groups excluding tert-OH is 1. The monoisotopic (exact) mass is 226 g/mol. The van der Waals surface area contributed by atoms with E-state index in [2.05, 4.69) is 0 Å². The standard InChI is InChI=1S/C9H19ClO4/c1-2-12-3-4-13-5-6-14-8-9(11)7-10/h9,11H,2-8H2,1H3. The molecule has 5 heteroatoms. The predicted octanol–water partition coefficient (Wildman–Crippen LogP) is 0.656. The van der Waals surface area contributed by atoms with Crippen LogP contribution in [0.2, 0.25) is 0 Å². The lowest BCUT2D eigenvalue weighted by atomic mass is 10.4. The molecule has 86 valence electrons. The second-order valence-electron chi connectivity index (χ2n) is 2.69. The molecule has 4 nitrogen and oxygen atoms in total. The highest BCUT2D eigenvalue weighted by Crippen LogP contribution is 1.89. The summed E-state index contributed by atoms with van der Waals surface area (Å²) in [6.07, 6.45) is -0.583. The second kappa shape index (κ2) is 11.2. The maximum atomic E-state index is 9.01. The van der Waals surface area contributed by atoms with Gasteiger partial charge in [0.05, 0.1) is 45.0 Å². The number of hydrogen-bond donors (Lipinski definition) is 1. The molecule has 0 rings (SSSR count). The Morgan fingerprint density at radius 3 is 2.21 bits per heavy atom. The molecule has 0 aromatic carbocycles. The van der Waals surface area contributed by atoms with Crippen LogP contribution in [-0.2, 0) is 14.2 Å². The van der Waals surface area contributed by atoms with E-state index in [4.69, 9.17) is 30.9 Å². The van der Waals surface area contributed by atoms with E-state index in [9.17, 15) is 0 Å². The summed E-state index contributed by atoms with van der Waals surface area (Å²) in [5, 5.41) is 9.01. The smallest absolute Gasteiger partial charge is 0.0908 e. The SMILES string of the molecule is CCOCCOCCOCC(O)CCl. The minimum atomic E-state index is -0.583. The number of alkyl halides is 1. The third-order valence-corrected chi connectivity index (χ3v) is 1.79. The summed E-state index contributed by atoms with van der Waals surface area (Å²) in [6.45, 7) is 5.09. The van der Waals surface area contributed by atoms with E-state index in [0.717, 1.165) is 0 Å². The van der Waals surface area contributed by atoms with Crippen molar-refractivity contribution in [3.63, 3.8) is 0 Å². The van der Waals surface area contributed by atoms with E-state index in [1.54, 1.807) is 0 Å². The van der Waals surface area contributed by atoms with Crippen molar-refractivity contribution in [1.82, 2.24) is 0 Å². The molecule has 1 N–H and O–H groups in total. The lowest BCUT2D eigenvalue weighted by molar-refractivity contribution is -0.00406. The molecular formula is C9H19ClO4. The van der Waals surface area contributed by atoms with E-state index >= 15 is 0 Å². The van der Waals surface area contributed by atoms with E-state index < -0.39 is 6.10 Å². The Balaban J connectivity index is 2.92. The molecule has 0 heterocycles. The van der Waals surface area contributed by atoms with Crippen molar-refractivity contribution >= 4 is 11.6 Å². The summed E-state index contributed by atoms with van der Waals surface area (Å²) in [5.41, 5.74) is 0. The van der Waals surface area contributed by atoms with Crippen LogP contribution in [0.1, 0.15) is 6.92 Å². The van der Waals surface area contributed by atoms with E-state index in [1.807, 2.05) is 6.92 Å². The summed E-state index contributed by atoms with van der Waals surface area (Å²) in [7, 11) is 0. The molecule has 0 aromatic heterocycles. The molecule has 0 aromatic rings. The van der Waals surface area contributed by atoms with Gasteiger partial charge in [0.15, 0.2) is 0 Å². The van der Waals surface area contributed by atoms with Crippen LogP contribution in [0.5, 0.6) is 0 Å². The van der Waals surface area contributed by atoms with Gasteiger partial charge in [-0.1, -0.05) is 0 Å². The Morgan fingerprint density at radius 2 is 1.64 bits per heavy atom. The summed E-state index contributed by atoms with van der Waals surface area (Å²) in [5.74, 6) is 0.200. The molecule has 1 atom stereocenters. The first-order valence-electron chi connectivity index (χ1n) is 4.78. The molecule has 0 aliphatic heterocycles. The van der Waals surface area contributed by atoms with Crippen molar-refractivity contribution in [3.8, 4) is 0 Å². The molecule has 0 aliphatic rings. The van der Waals surface area contributed by atoms with Gasteiger partial charge in [-0.2, -0.15) is 0 Å². The summed E-state index contributed by atoms with van der Waals surface area (Å²) >= 11 is 5.37. The Kier molecular flexibility index (Phi) is 11.3. The lowest BCUT2D eigenvalue weighted by Gasteiger charge is -2.08. The quantitative estimate of drug-likeness (QED) is 0.439. The molecule has 0 saturated heterocycles. The Hall–Kier alpha value is 0.130. The number of hydrogen-bond acceptors (Lipinski definition) is 4. The van der Waals surface area contributed by atoms with Crippen LogP contribution < -0.4 is 0 Å². The zero-order valence-electron chi connectivity index (χ0n) is 8.58. The van der Waals surface area contributed by atoms with Crippen LogP contribution >= 0.6 is 11.6 Å². The maximum absolute atomic E-state index is 9.01. The zero-order chi connectivity index (χ0) is 10.6. The van der Waals surface area contributed by atoms with Crippen molar-refractivity contribution < 1.29 is 19.3 Å². The van der Waals surface area contributed by atoms with Gasteiger partial charge in [0.25, 0.3) is 0 Å². The third kappa shape index (κ3) is 10.2. The molecule has 0 amide bonds. The van der Waals surface area contributed by atoms with Crippen LogP contribution in [0.4, 0.5) is 0 Å². The molecule has 1 unspecified atom stereocenters. The molecule has 0 bridgehead atoms. The number of rotatable bonds is 10. The van der Waals surface area contributed by atoms with Gasteiger partial charge in [0, 0.05) is 6.61 Å². The van der Waals surface area contributed by atoms with Crippen LogP contribution in [-0.4, -0.2) is 56.7 Å². The van der Waals surface area contributed by atoms with Crippen molar-refractivity contribution in [2.45, 2.75) is 13.0 Å². The van der Waals surface area contributed by atoms with E-state index in [-0.39, 0.29) is 12.5 Å². The highest BCUT2D eigenvalue weighted by Gasteiger charge is 2.00. The van der Waals surface area contributed by atoms with Gasteiger partial charge >= 0.3 is 0 Å². The van der Waals surface area contributed by atoms with Gasteiger partial charge in [-0.25, -0.2) is 0 Å². The first-order valence-corrected chi connectivity index (χ1v) is 5.32. The fourth-order valence-corrected chi connectivity index (χ4v) is 0.835. The van der Waals surface area contributed by atoms with Crippen LogP contribution in [0.3, 0.4) is 0 Å². The number of halogens is 1. The Morgan fingerprint density at radius 1 is 1.07 bits per heavy atom. The first kappa shape index (κ1) is 14.1. The van der Waals surface area contributed by atoms with Crippen molar-refractivity contribution in [3.05, 3.63) is 0 Å². The molecule has 0 aliphatic carbocycles. The predicted molar refractivity (Wildman–Crippen MR) is 54.9 cm³/mol. The van der Waals surface area contributed by atoms with Gasteiger partial charge in [-0.05, 0) is 6.92 Å². The Bertz CT molecular complexity index is 113. The van der Waals surface area contributed by atoms with Crippen LogP contribution in [0.15, 0.2) is 0 Å². The summed E-state index contributed by atoms with van der Waals surface area (Å²) in [4.78, 5) is 0. The lowest BCUT2D eigenvalue weighted by Crippen LogP contribution is -2.19. The molecule has 0 fully saturated rings. The van der Waals surface area contributed by atoms with Gasteiger partial charge in [-0.3, -0.25) is 0 Å². The average molecular weight is 227 g/mol. The highest BCUT2D eigenvalue weighted by atomic mass is 35.5. The van der Waals surface area contributed by atoms with Crippen LogP contribution in [0, 0.1) is 0 Å². The molecule has 0 saturated carbocycles. The largest absolute Gasteiger partial charge is 0.389 e. The first-order chi connectivity index (χ1) is 6.81. The Labute approximate surface area is 90.1 Å². The van der Waals surface area contributed by atoms with Crippen molar-refractivity contribution in [2.75, 3.05) is 45.5 Å². The number of aliphatic hydroxyl groups is 1. The van der Waals surface area contributed by atoms with Gasteiger partial charge in [-0.15, -0.1) is 11.6 Å². The minimum Gasteiger partial charge on any atom is -0.389 e. The maximum Gasteiger partial charge on any atom is 0.0908 e. The van der Waals surface area contributed by atoms with Crippen molar-refractivity contribution in [1.29, 1.82) is 0 Å². The van der Waals surface area contributed by atoms with Gasteiger partial charge in [0.1, 0.15) is 0 Å². The highest BCUT2D eigenvalue weighted by molar-refractivity contribution is 6.18. The molecular weight excluding hydrogens is 208 g/mol. The van der Waals surface area contributed by atoms with E-state index in [0.29, 0.717) is 33.0 Å². The molecule has 14 heavy (non-hydrogen) atoms. The normalized spacial score (nSPS) is 13.1. The average Bonchev–Trinajstić information content (AvgIpc) is 2.21. The zero-order valence-corrected chi connectivity index (χ0v) is 9.33. The van der Waals surface area contributed by atoms with Crippen LogP contribution in [0.25, 0.3) is 0 Å². The van der Waals surface area contributed by atoms with Crippen molar-refractivity contribution in [2.24, 2.45) is 0 Å². The second-order valence-corrected chi connectivity index (χ2v) is 3.00. The van der Waals surface area contributed by atoms with E-state index in [1.165, 1.54) is 0 Å². The summed E-state index contributed by atoms with van der Waals surface area (Å²) in [6, 6.07) is 0. The minimum absolute atomic E-state index is 0.200. The molecule has 0 radical (unpaired) electrons. The summed E-state index contributed by atoms with van der Waals surface area (Å²) < 4.78 is 15.4.